The van der Waals surface area contributed by atoms with Crippen LogP contribution < -0.4 is 15.0 Å². The van der Waals surface area contributed by atoms with Gasteiger partial charge in [0.1, 0.15) is 23.2 Å². The first-order valence-corrected chi connectivity index (χ1v) is 12.0. The van der Waals surface area contributed by atoms with E-state index in [1.165, 1.54) is 35.6 Å². The third-order valence-electron chi connectivity index (χ3n) is 6.09. The largest absolute Gasteiger partial charge is 0.508 e. The van der Waals surface area contributed by atoms with Crippen LogP contribution in [0.25, 0.3) is 0 Å². The molecule has 1 fully saturated rings. The SMILES string of the molecule is CCOc1ccc(N(C(=O)c2cnccn2)[C@H](C(=O)NC2CCCCC2)c2ccc(O)cc2)cc1. The second-order valence-electron chi connectivity index (χ2n) is 8.53. The minimum absolute atomic E-state index is 0.0599. The smallest absolute Gasteiger partial charge is 0.279 e. The molecule has 3 aromatic rings. The number of carbonyl (C=O) groups is 2. The van der Waals surface area contributed by atoms with Crippen molar-refractivity contribution in [3.8, 4) is 11.5 Å². The minimum Gasteiger partial charge on any atom is -0.508 e. The van der Waals surface area contributed by atoms with Crippen LogP contribution in [0, 0.1) is 0 Å². The van der Waals surface area contributed by atoms with Crippen molar-refractivity contribution in [1.82, 2.24) is 15.3 Å². The molecule has 1 atom stereocenters. The number of phenolic OH excluding ortho intramolecular Hbond substituents is 1. The van der Waals surface area contributed by atoms with Gasteiger partial charge in [-0.05, 0) is 61.7 Å². The van der Waals surface area contributed by atoms with Crippen molar-refractivity contribution in [1.29, 1.82) is 0 Å². The maximum absolute atomic E-state index is 13.8. The molecule has 35 heavy (non-hydrogen) atoms. The lowest BCUT2D eigenvalue weighted by molar-refractivity contribution is -0.123. The Morgan fingerprint density at radius 3 is 2.40 bits per heavy atom. The number of anilines is 1. The van der Waals surface area contributed by atoms with Gasteiger partial charge in [0.05, 0.1) is 12.8 Å². The number of nitrogens with one attached hydrogen (secondary N) is 1. The number of hydrogen-bond donors (Lipinski definition) is 2. The van der Waals surface area contributed by atoms with Gasteiger partial charge in [-0.1, -0.05) is 31.4 Å². The number of benzene rings is 2. The fourth-order valence-corrected chi connectivity index (χ4v) is 4.39. The first-order chi connectivity index (χ1) is 17.1. The van der Waals surface area contributed by atoms with Crippen molar-refractivity contribution < 1.29 is 19.4 Å². The summed E-state index contributed by atoms with van der Waals surface area (Å²) in [7, 11) is 0. The van der Waals surface area contributed by atoms with Crippen molar-refractivity contribution in [2.45, 2.75) is 51.1 Å². The van der Waals surface area contributed by atoms with Crippen molar-refractivity contribution in [3.63, 3.8) is 0 Å². The molecule has 2 amide bonds. The van der Waals surface area contributed by atoms with Gasteiger partial charge in [-0.2, -0.15) is 0 Å². The summed E-state index contributed by atoms with van der Waals surface area (Å²) in [5, 5.41) is 13.0. The average Bonchev–Trinajstić information content (AvgIpc) is 2.89. The number of rotatable bonds is 8. The topological polar surface area (TPSA) is 105 Å². The molecule has 1 aliphatic rings. The highest BCUT2D eigenvalue weighted by Crippen LogP contribution is 2.32. The van der Waals surface area contributed by atoms with Gasteiger partial charge in [-0.25, -0.2) is 4.98 Å². The standard InChI is InChI=1S/C27H30N4O4/c1-2-35-23-14-10-21(11-15-23)31(27(34)24-18-28-16-17-29-24)25(19-8-12-22(32)13-9-19)26(33)30-20-6-4-3-5-7-20/h8-18,20,25,32H,2-7H2,1H3,(H,30,33)/t25-/m0/s1. The van der Waals surface area contributed by atoms with Crippen LogP contribution in [0.2, 0.25) is 0 Å². The van der Waals surface area contributed by atoms with Crippen LogP contribution >= 0.6 is 0 Å². The molecule has 0 radical (unpaired) electrons. The monoisotopic (exact) mass is 474 g/mol. The Labute approximate surface area is 205 Å². The predicted octanol–water partition coefficient (Wildman–Crippen LogP) is 4.42. The Hall–Kier alpha value is -3.94. The van der Waals surface area contributed by atoms with Crippen LogP contribution in [0.3, 0.4) is 0 Å². The fraction of sp³-hybridized carbons (Fsp3) is 0.333. The maximum Gasteiger partial charge on any atom is 0.279 e. The summed E-state index contributed by atoms with van der Waals surface area (Å²) in [6, 6.07) is 12.5. The van der Waals surface area contributed by atoms with E-state index in [1.54, 1.807) is 36.4 Å². The number of nitrogens with zero attached hydrogens (tertiary/aromatic N) is 3. The number of aromatic hydroxyl groups is 1. The molecule has 0 bridgehead atoms. The van der Waals surface area contributed by atoms with E-state index in [0.29, 0.717) is 23.6 Å². The molecular formula is C27H30N4O4. The van der Waals surface area contributed by atoms with E-state index in [0.717, 1.165) is 32.1 Å². The average molecular weight is 475 g/mol. The van der Waals surface area contributed by atoms with E-state index in [-0.39, 0.29) is 23.4 Å². The van der Waals surface area contributed by atoms with Gasteiger partial charge in [0, 0.05) is 24.1 Å². The number of phenols is 1. The van der Waals surface area contributed by atoms with Crippen LogP contribution in [-0.2, 0) is 4.79 Å². The fourth-order valence-electron chi connectivity index (χ4n) is 4.39. The van der Waals surface area contributed by atoms with Crippen molar-refractivity contribution in [3.05, 3.63) is 78.4 Å². The Morgan fingerprint density at radius 2 is 1.77 bits per heavy atom. The lowest BCUT2D eigenvalue weighted by Crippen LogP contribution is -2.47. The summed E-state index contributed by atoms with van der Waals surface area (Å²) < 4.78 is 5.56. The molecule has 8 heteroatoms. The van der Waals surface area contributed by atoms with E-state index in [1.807, 2.05) is 6.92 Å². The minimum atomic E-state index is -0.982. The summed E-state index contributed by atoms with van der Waals surface area (Å²) in [5.41, 5.74) is 1.21. The molecule has 1 aromatic heterocycles. The van der Waals surface area contributed by atoms with E-state index in [9.17, 15) is 14.7 Å². The Balaban J connectivity index is 1.78. The van der Waals surface area contributed by atoms with Crippen LogP contribution in [0.15, 0.2) is 67.1 Å². The van der Waals surface area contributed by atoms with Crippen LogP contribution in [0.1, 0.15) is 61.1 Å². The third kappa shape index (κ3) is 5.95. The van der Waals surface area contributed by atoms with E-state index in [4.69, 9.17) is 4.74 Å². The number of hydrogen-bond acceptors (Lipinski definition) is 6. The number of carbonyl (C=O) groups excluding carboxylic acids is 2. The summed E-state index contributed by atoms with van der Waals surface area (Å²) in [6.07, 6.45) is 9.44. The molecule has 2 N–H and O–H groups in total. The van der Waals surface area contributed by atoms with Gasteiger partial charge >= 0.3 is 0 Å². The Bertz CT molecular complexity index is 1110. The van der Waals surface area contributed by atoms with Gasteiger partial charge in [0.2, 0.25) is 5.91 Å². The van der Waals surface area contributed by atoms with E-state index in [2.05, 4.69) is 15.3 Å². The van der Waals surface area contributed by atoms with Gasteiger partial charge < -0.3 is 15.2 Å². The van der Waals surface area contributed by atoms with E-state index >= 15 is 0 Å². The number of aromatic nitrogens is 2. The molecule has 2 aromatic carbocycles. The molecule has 0 spiro atoms. The lowest BCUT2D eigenvalue weighted by atomic mass is 9.94. The zero-order valence-corrected chi connectivity index (χ0v) is 19.8. The molecular weight excluding hydrogens is 444 g/mol. The summed E-state index contributed by atoms with van der Waals surface area (Å²) in [4.78, 5) is 37.2. The molecule has 4 rings (SSSR count). The third-order valence-corrected chi connectivity index (χ3v) is 6.09. The van der Waals surface area contributed by atoms with Gasteiger partial charge in [0.15, 0.2) is 0 Å². The zero-order valence-electron chi connectivity index (χ0n) is 19.8. The molecule has 1 aliphatic carbocycles. The predicted molar refractivity (Wildman–Crippen MR) is 132 cm³/mol. The maximum atomic E-state index is 13.8. The van der Waals surface area contributed by atoms with Crippen LogP contribution in [0.5, 0.6) is 11.5 Å². The molecule has 8 nitrogen and oxygen atoms in total. The van der Waals surface area contributed by atoms with Crippen LogP contribution in [-0.4, -0.2) is 39.5 Å². The van der Waals surface area contributed by atoms with E-state index < -0.39 is 11.9 Å². The molecule has 1 saturated carbocycles. The highest BCUT2D eigenvalue weighted by Gasteiger charge is 2.35. The molecule has 0 saturated heterocycles. The molecule has 0 unspecified atom stereocenters. The first kappa shape index (κ1) is 24.2. The Morgan fingerprint density at radius 1 is 1.06 bits per heavy atom. The van der Waals surface area contributed by atoms with Crippen molar-refractivity contribution in [2.24, 2.45) is 0 Å². The van der Waals surface area contributed by atoms with Crippen molar-refractivity contribution >= 4 is 17.5 Å². The molecule has 182 valence electrons. The highest BCUT2D eigenvalue weighted by atomic mass is 16.5. The number of amides is 2. The summed E-state index contributed by atoms with van der Waals surface area (Å²) >= 11 is 0. The van der Waals surface area contributed by atoms with Crippen molar-refractivity contribution in [2.75, 3.05) is 11.5 Å². The molecule has 1 heterocycles. The highest BCUT2D eigenvalue weighted by molar-refractivity contribution is 6.09. The normalized spacial score (nSPS) is 14.7. The summed E-state index contributed by atoms with van der Waals surface area (Å²) in [5.74, 6) is -0.00288. The second kappa shape index (κ2) is 11.5. The van der Waals surface area contributed by atoms with Gasteiger partial charge in [0.25, 0.3) is 5.91 Å². The quantitative estimate of drug-likeness (QED) is 0.501. The van der Waals surface area contributed by atoms with Gasteiger partial charge in [-0.15, -0.1) is 0 Å². The van der Waals surface area contributed by atoms with Gasteiger partial charge in [-0.3, -0.25) is 19.5 Å². The first-order valence-electron chi connectivity index (χ1n) is 12.0. The molecule has 0 aliphatic heterocycles. The number of ether oxygens (including phenoxy) is 1. The summed E-state index contributed by atoms with van der Waals surface area (Å²) in [6.45, 7) is 2.41. The second-order valence-corrected chi connectivity index (χ2v) is 8.53. The lowest BCUT2D eigenvalue weighted by Gasteiger charge is -2.33. The van der Waals surface area contributed by atoms with Crippen LogP contribution in [0.4, 0.5) is 5.69 Å². The Kier molecular flexibility index (Phi) is 7.92. The zero-order chi connectivity index (χ0) is 24.6.